The average molecular weight is 382 g/mol. The van der Waals surface area contributed by atoms with E-state index in [9.17, 15) is 9.59 Å². The summed E-state index contributed by atoms with van der Waals surface area (Å²) in [5.74, 6) is 0.186. The van der Waals surface area contributed by atoms with Crippen molar-refractivity contribution in [1.82, 2.24) is 19.7 Å². The Bertz CT molecular complexity index is 857. The predicted octanol–water partition coefficient (Wildman–Crippen LogP) is 2.07. The number of anilines is 2. The van der Waals surface area contributed by atoms with Gasteiger partial charge in [-0.05, 0) is 31.9 Å². The van der Waals surface area contributed by atoms with E-state index >= 15 is 0 Å². The molecule has 2 aliphatic heterocycles. The summed E-state index contributed by atoms with van der Waals surface area (Å²) in [6, 6.07) is 7.91. The quantitative estimate of drug-likeness (QED) is 0.879. The number of hydrogen-bond acceptors (Lipinski definition) is 5. The topological polar surface area (TPSA) is 83.4 Å². The average Bonchev–Trinajstić information content (AvgIpc) is 3.23. The molecule has 1 saturated heterocycles. The summed E-state index contributed by atoms with van der Waals surface area (Å²) in [6.07, 6.45) is 5.16. The molecule has 2 amide bonds. The Morgan fingerprint density at radius 2 is 2.00 bits per heavy atom. The summed E-state index contributed by atoms with van der Waals surface area (Å²) in [7, 11) is 0. The normalized spacial score (nSPS) is 19.1. The monoisotopic (exact) mass is 382 g/mol. The van der Waals surface area contributed by atoms with Crippen LogP contribution in [0.2, 0.25) is 0 Å². The summed E-state index contributed by atoms with van der Waals surface area (Å²) in [5.41, 5.74) is 1.73. The van der Waals surface area contributed by atoms with E-state index < -0.39 is 0 Å². The molecule has 1 spiro atoms. The van der Waals surface area contributed by atoms with E-state index in [2.05, 4.69) is 15.4 Å². The summed E-state index contributed by atoms with van der Waals surface area (Å²) in [6.45, 7) is 5.59. The smallest absolute Gasteiger partial charge is 0.224 e. The highest BCUT2D eigenvalue weighted by Crippen LogP contribution is 2.39. The Kier molecular flexibility index (Phi) is 4.78. The molecule has 2 aromatic rings. The van der Waals surface area contributed by atoms with Gasteiger partial charge in [-0.25, -0.2) is 9.67 Å². The lowest BCUT2D eigenvalue weighted by molar-refractivity contribution is -0.133. The second kappa shape index (κ2) is 7.26. The van der Waals surface area contributed by atoms with Crippen LogP contribution in [0.4, 0.5) is 11.4 Å². The van der Waals surface area contributed by atoms with Gasteiger partial charge in [0.15, 0.2) is 0 Å². The number of likely N-dealkylation sites (tertiary alicyclic amines) is 1. The van der Waals surface area contributed by atoms with Crippen LogP contribution in [-0.4, -0.2) is 56.7 Å². The first-order valence-corrected chi connectivity index (χ1v) is 9.75. The molecule has 1 N–H and O–H groups in total. The van der Waals surface area contributed by atoms with Gasteiger partial charge >= 0.3 is 0 Å². The number of nitrogens with zero attached hydrogens (tertiary/aromatic N) is 5. The maximum Gasteiger partial charge on any atom is 0.224 e. The number of carbonyl (C=O) groups is 2. The van der Waals surface area contributed by atoms with Crippen molar-refractivity contribution in [1.29, 1.82) is 0 Å². The molecule has 8 nitrogen and oxygen atoms in total. The van der Waals surface area contributed by atoms with Gasteiger partial charge in [0.05, 0.1) is 23.0 Å². The van der Waals surface area contributed by atoms with Gasteiger partial charge in [0.1, 0.15) is 12.7 Å². The number of para-hydroxylation sites is 2. The van der Waals surface area contributed by atoms with Crippen LogP contribution < -0.4 is 10.2 Å². The first kappa shape index (κ1) is 18.5. The minimum absolute atomic E-state index is 0.0150. The van der Waals surface area contributed by atoms with Gasteiger partial charge in [-0.2, -0.15) is 5.10 Å². The van der Waals surface area contributed by atoms with E-state index in [1.165, 1.54) is 6.33 Å². The van der Waals surface area contributed by atoms with Crippen LogP contribution in [0.15, 0.2) is 36.9 Å². The van der Waals surface area contributed by atoms with Crippen LogP contribution in [0.1, 0.15) is 39.2 Å². The number of amides is 2. The largest absolute Gasteiger partial charge is 0.376 e. The molecule has 0 bridgehead atoms. The molecule has 8 heteroatoms. The standard InChI is InChI=1S/C20H26N6O2/c1-15(26-14-21-13-22-26)11-19(28)24-9-7-20(8-10-24)12-25(16(2)27)18-6-4-3-5-17(18)23-20/h3-6,13-15,23H,7-12H2,1-2H3/t15-/m0/s1. The van der Waals surface area contributed by atoms with E-state index in [4.69, 9.17) is 0 Å². The predicted molar refractivity (Wildman–Crippen MR) is 106 cm³/mol. The molecular formula is C20H26N6O2. The second-order valence-corrected chi connectivity index (χ2v) is 7.84. The maximum absolute atomic E-state index is 12.7. The van der Waals surface area contributed by atoms with Crippen molar-refractivity contribution < 1.29 is 9.59 Å². The molecule has 1 fully saturated rings. The highest BCUT2D eigenvalue weighted by Gasteiger charge is 2.42. The van der Waals surface area contributed by atoms with Gasteiger partial charge in [0, 0.05) is 33.0 Å². The SMILES string of the molecule is CC(=O)N1CC2(CCN(C(=O)C[C@H](C)n3cncn3)CC2)Nc2ccccc21. The van der Waals surface area contributed by atoms with E-state index in [-0.39, 0.29) is 23.4 Å². The third-order valence-electron chi connectivity index (χ3n) is 5.87. The third kappa shape index (κ3) is 3.46. The van der Waals surface area contributed by atoms with Gasteiger partial charge in [-0.1, -0.05) is 12.1 Å². The van der Waals surface area contributed by atoms with Crippen molar-refractivity contribution in [2.75, 3.05) is 29.9 Å². The number of carbonyl (C=O) groups excluding carboxylic acids is 2. The van der Waals surface area contributed by atoms with Crippen LogP contribution in [0.5, 0.6) is 0 Å². The molecule has 1 atom stereocenters. The summed E-state index contributed by atoms with van der Waals surface area (Å²) in [5, 5.41) is 7.78. The molecule has 148 valence electrons. The number of hydrogen-bond donors (Lipinski definition) is 1. The zero-order chi connectivity index (χ0) is 19.7. The molecule has 3 heterocycles. The highest BCUT2D eigenvalue weighted by atomic mass is 16.2. The third-order valence-corrected chi connectivity index (χ3v) is 5.87. The molecule has 1 aromatic carbocycles. The van der Waals surface area contributed by atoms with E-state index in [0.29, 0.717) is 26.1 Å². The lowest BCUT2D eigenvalue weighted by Gasteiger charge is -2.49. The Balaban J connectivity index is 1.42. The van der Waals surface area contributed by atoms with Crippen LogP contribution >= 0.6 is 0 Å². The summed E-state index contributed by atoms with van der Waals surface area (Å²) < 4.78 is 1.72. The lowest BCUT2D eigenvalue weighted by atomic mass is 9.84. The maximum atomic E-state index is 12.7. The molecule has 1 aromatic heterocycles. The van der Waals surface area contributed by atoms with E-state index in [1.54, 1.807) is 17.9 Å². The first-order chi connectivity index (χ1) is 13.5. The molecule has 0 unspecified atom stereocenters. The zero-order valence-electron chi connectivity index (χ0n) is 16.3. The fourth-order valence-corrected chi connectivity index (χ4v) is 4.20. The Labute approximate surface area is 164 Å². The highest BCUT2D eigenvalue weighted by molar-refractivity contribution is 5.96. The summed E-state index contributed by atoms with van der Waals surface area (Å²) >= 11 is 0. The second-order valence-electron chi connectivity index (χ2n) is 7.84. The number of piperidine rings is 1. The van der Waals surface area contributed by atoms with E-state index in [1.807, 2.05) is 41.0 Å². The fraction of sp³-hybridized carbons (Fsp3) is 0.500. The Hall–Kier alpha value is -2.90. The molecule has 0 aliphatic carbocycles. The molecule has 4 rings (SSSR count). The van der Waals surface area contributed by atoms with Crippen molar-refractivity contribution in [3.05, 3.63) is 36.9 Å². The van der Waals surface area contributed by atoms with Crippen LogP contribution in [0.25, 0.3) is 0 Å². The van der Waals surface area contributed by atoms with E-state index in [0.717, 1.165) is 24.2 Å². The molecular weight excluding hydrogens is 356 g/mol. The van der Waals surface area contributed by atoms with Crippen molar-refractivity contribution in [2.24, 2.45) is 0 Å². The van der Waals surface area contributed by atoms with Crippen molar-refractivity contribution in [3.63, 3.8) is 0 Å². The zero-order valence-corrected chi connectivity index (χ0v) is 16.3. The van der Waals surface area contributed by atoms with Crippen LogP contribution in [-0.2, 0) is 9.59 Å². The molecule has 28 heavy (non-hydrogen) atoms. The van der Waals surface area contributed by atoms with Crippen molar-refractivity contribution in [3.8, 4) is 0 Å². The number of fused-ring (bicyclic) bond motifs is 1. The number of benzene rings is 1. The number of aromatic nitrogens is 3. The Morgan fingerprint density at radius 1 is 1.25 bits per heavy atom. The molecule has 2 aliphatic rings. The number of nitrogens with one attached hydrogen (secondary N) is 1. The Morgan fingerprint density at radius 3 is 2.68 bits per heavy atom. The van der Waals surface area contributed by atoms with Gasteiger partial charge < -0.3 is 15.1 Å². The lowest BCUT2D eigenvalue weighted by Crippen LogP contribution is -2.59. The minimum Gasteiger partial charge on any atom is -0.376 e. The summed E-state index contributed by atoms with van der Waals surface area (Å²) in [4.78, 5) is 32.7. The van der Waals surface area contributed by atoms with Crippen LogP contribution in [0, 0.1) is 0 Å². The van der Waals surface area contributed by atoms with Gasteiger partial charge in [-0.3, -0.25) is 9.59 Å². The van der Waals surface area contributed by atoms with Crippen molar-refractivity contribution >= 4 is 23.2 Å². The van der Waals surface area contributed by atoms with Crippen LogP contribution in [0.3, 0.4) is 0 Å². The minimum atomic E-state index is -0.186. The fourth-order valence-electron chi connectivity index (χ4n) is 4.20. The first-order valence-electron chi connectivity index (χ1n) is 9.75. The van der Waals surface area contributed by atoms with Crippen molar-refractivity contribution in [2.45, 2.75) is 44.7 Å². The van der Waals surface area contributed by atoms with Gasteiger partial charge in [0.25, 0.3) is 0 Å². The van der Waals surface area contributed by atoms with Gasteiger partial charge in [0.2, 0.25) is 11.8 Å². The number of rotatable bonds is 3. The molecule has 0 radical (unpaired) electrons. The molecule has 0 saturated carbocycles. The van der Waals surface area contributed by atoms with Gasteiger partial charge in [-0.15, -0.1) is 0 Å².